The highest BCUT2D eigenvalue weighted by atomic mass is 16.5. The number of ether oxygens (including phenoxy) is 3. The lowest BCUT2D eigenvalue weighted by Crippen LogP contribution is -2.49. The molecular formula is C18H25NO5. The first-order valence-corrected chi connectivity index (χ1v) is 8.18. The van der Waals surface area contributed by atoms with E-state index in [2.05, 4.69) is 13.8 Å². The molecule has 1 aromatic carbocycles. The third kappa shape index (κ3) is 3.99. The Kier molecular flexibility index (Phi) is 6.06. The summed E-state index contributed by atoms with van der Waals surface area (Å²) in [6.07, 6.45) is 3.14. The van der Waals surface area contributed by atoms with E-state index >= 15 is 0 Å². The molecule has 24 heavy (non-hydrogen) atoms. The molecule has 0 N–H and O–H groups in total. The maximum Gasteiger partial charge on any atom is 0.341 e. The maximum atomic E-state index is 12.6. The molecule has 6 nitrogen and oxygen atoms in total. The first kappa shape index (κ1) is 18.1. The van der Waals surface area contributed by atoms with Gasteiger partial charge in [-0.2, -0.15) is 0 Å². The van der Waals surface area contributed by atoms with Crippen molar-refractivity contribution in [1.29, 1.82) is 0 Å². The lowest BCUT2D eigenvalue weighted by atomic mass is 9.97. The largest absolute Gasteiger partial charge is 0.497 e. The predicted octanol–water partition coefficient (Wildman–Crippen LogP) is 2.65. The summed E-state index contributed by atoms with van der Waals surface area (Å²) in [5, 5.41) is 0. The van der Waals surface area contributed by atoms with Crippen molar-refractivity contribution in [1.82, 2.24) is 4.90 Å². The van der Waals surface area contributed by atoms with E-state index in [0.717, 1.165) is 19.3 Å². The normalized spacial score (nSPS) is 20.4. The van der Waals surface area contributed by atoms with E-state index < -0.39 is 5.97 Å². The molecule has 132 valence electrons. The van der Waals surface area contributed by atoms with Crippen LogP contribution in [-0.4, -0.2) is 49.7 Å². The van der Waals surface area contributed by atoms with Gasteiger partial charge in [0.25, 0.3) is 5.91 Å². The van der Waals surface area contributed by atoms with Gasteiger partial charge in [-0.25, -0.2) is 4.79 Å². The number of amides is 1. The van der Waals surface area contributed by atoms with E-state index in [0.29, 0.717) is 5.75 Å². The van der Waals surface area contributed by atoms with Crippen LogP contribution in [0, 0.1) is 0 Å². The van der Waals surface area contributed by atoms with Crippen molar-refractivity contribution in [3.05, 3.63) is 23.8 Å². The van der Waals surface area contributed by atoms with Gasteiger partial charge in [0.05, 0.1) is 14.2 Å². The van der Waals surface area contributed by atoms with Crippen LogP contribution in [0.5, 0.6) is 11.5 Å². The minimum Gasteiger partial charge on any atom is -0.497 e. The Labute approximate surface area is 142 Å². The molecule has 0 unspecified atom stereocenters. The topological polar surface area (TPSA) is 65.1 Å². The number of hydrogen-bond donors (Lipinski definition) is 0. The van der Waals surface area contributed by atoms with Gasteiger partial charge in [-0.15, -0.1) is 0 Å². The monoisotopic (exact) mass is 335 g/mol. The highest BCUT2D eigenvalue weighted by Crippen LogP contribution is 2.27. The Bertz CT molecular complexity index is 591. The molecule has 0 spiro atoms. The van der Waals surface area contributed by atoms with E-state index in [9.17, 15) is 9.59 Å². The molecule has 1 aromatic rings. The smallest absolute Gasteiger partial charge is 0.341 e. The van der Waals surface area contributed by atoms with Gasteiger partial charge in [0, 0.05) is 18.2 Å². The second-order valence-electron chi connectivity index (χ2n) is 6.07. The summed E-state index contributed by atoms with van der Waals surface area (Å²) in [7, 11) is 2.83. The van der Waals surface area contributed by atoms with Crippen molar-refractivity contribution < 1.29 is 23.8 Å². The molecule has 1 aliphatic rings. The Morgan fingerprint density at radius 1 is 1.17 bits per heavy atom. The number of hydrogen-bond acceptors (Lipinski definition) is 5. The molecule has 1 amide bonds. The predicted molar refractivity (Wildman–Crippen MR) is 89.4 cm³/mol. The Hall–Kier alpha value is -2.24. The molecule has 2 rings (SSSR count). The van der Waals surface area contributed by atoms with Crippen LogP contribution in [0.1, 0.15) is 43.5 Å². The van der Waals surface area contributed by atoms with Crippen LogP contribution in [0.2, 0.25) is 0 Å². The fourth-order valence-electron chi connectivity index (χ4n) is 3.15. The number of esters is 1. The Morgan fingerprint density at radius 2 is 1.83 bits per heavy atom. The van der Waals surface area contributed by atoms with Crippen molar-refractivity contribution in [3.8, 4) is 11.5 Å². The van der Waals surface area contributed by atoms with Crippen molar-refractivity contribution in [2.75, 3.05) is 20.8 Å². The number of nitrogens with zero attached hydrogens (tertiary/aromatic N) is 1. The number of benzene rings is 1. The third-order valence-corrected chi connectivity index (χ3v) is 4.43. The summed E-state index contributed by atoms with van der Waals surface area (Å²) in [4.78, 5) is 26.3. The zero-order valence-electron chi connectivity index (χ0n) is 14.7. The average Bonchev–Trinajstić information content (AvgIpc) is 2.58. The van der Waals surface area contributed by atoms with Crippen molar-refractivity contribution in [2.45, 2.75) is 45.2 Å². The summed E-state index contributed by atoms with van der Waals surface area (Å²) < 4.78 is 15.5. The maximum absolute atomic E-state index is 12.6. The first-order chi connectivity index (χ1) is 11.5. The molecular weight excluding hydrogens is 310 g/mol. The quantitative estimate of drug-likeness (QED) is 0.774. The number of carbonyl (C=O) groups excluding carboxylic acids is 2. The SMILES string of the molecule is COC(=O)c1ccc(OC)cc1OCC(=O)N1[C@@H](C)CCC[C@@H]1C. The average molecular weight is 335 g/mol. The first-order valence-electron chi connectivity index (χ1n) is 8.18. The second-order valence-corrected chi connectivity index (χ2v) is 6.07. The lowest BCUT2D eigenvalue weighted by Gasteiger charge is -2.39. The number of rotatable bonds is 5. The molecule has 1 saturated heterocycles. The van der Waals surface area contributed by atoms with Crippen molar-refractivity contribution in [3.63, 3.8) is 0 Å². The standard InChI is InChI=1S/C18H25NO5/c1-12-6-5-7-13(2)19(12)17(20)11-24-16-10-14(22-3)8-9-15(16)18(21)23-4/h8-10,12-13H,5-7,11H2,1-4H3/t12-,13-/m0/s1. The fourth-order valence-corrected chi connectivity index (χ4v) is 3.15. The van der Waals surface area contributed by atoms with Crippen LogP contribution in [0.3, 0.4) is 0 Å². The van der Waals surface area contributed by atoms with Crippen LogP contribution in [0.25, 0.3) is 0 Å². The van der Waals surface area contributed by atoms with Gasteiger partial charge in [-0.05, 0) is 45.2 Å². The molecule has 1 heterocycles. The number of likely N-dealkylation sites (tertiary alicyclic amines) is 1. The summed E-state index contributed by atoms with van der Waals surface area (Å²) in [5.41, 5.74) is 0.269. The van der Waals surface area contributed by atoms with Gasteiger partial charge < -0.3 is 19.1 Å². The van der Waals surface area contributed by atoms with Crippen LogP contribution < -0.4 is 9.47 Å². The van der Waals surface area contributed by atoms with Crippen LogP contribution >= 0.6 is 0 Å². The molecule has 1 fully saturated rings. The summed E-state index contributed by atoms with van der Waals surface area (Å²) >= 11 is 0. The van der Waals surface area contributed by atoms with Gasteiger partial charge in [-0.1, -0.05) is 0 Å². The van der Waals surface area contributed by atoms with Crippen LogP contribution in [0.15, 0.2) is 18.2 Å². The van der Waals surface area contributed by atoms with Crippen molar-refractivity contribution in [2.24, 2.45) is 0 Å². The molecule has 2 atom stereocenters. The number of piperidine rings is 1. The Balaban J connectivity index is 2.12. The van der Waals surface area contributed by atoms with E-state index in [1.165, 1.54) is 14.2 Å². The van der Waals surface area contributed by atoms with E-state index in [4.69, 9.17) is 14.2 Å². The molecule has 0 saturated carbocycles. The molecule has 6 heteroatoms. The lowest BCUT2D eigenvalue weighted by molar-refractivity contribution is -0.139. The number of carbonyl (C=O) groups is 2. The molecule has 0 radical (unpaired) electrons. The summed E-state index contributed by atoms with van der Waals surface area (Å²) in [5.74, 6) is 0.241. The second kappa shape index (κ2) is 8.04. The third-order valence-electron chi connectivity index (χ3n) is 4.43. The molecule has 0 bridgehead atoms. The minimum absolute atomic E-state index is 0.0756. The van der Waals surface area contributed by atoms with Gasteiger partial charge >= 0.3 is 5.97 Å². The zero-order chi connectivity index (χ0) is 17.7. The molecule has 0 aromatic heterocycles. The summed E-state index contributed by atoms with van der Waals surface area (Å²) in [6.45, 7) is 3.99. The van der Waals surface area contributed by atoms with E-state index in [1.807, 2.05) is 4.90 Å². The van der Waals surface area contributed by atoms with E-state index in [1.54, 1.807) is 18.2 Å². The van der Waals surface area contributed by atoms with E-state index in [-0.39, 0.29) is 35.9 Å². The van der Waals surface area contributed by atoms with Crippen LogP contribution in [0.4, 0.5) is 0 Å². The zero-order valence-corrected chi connectivity index (χ0v) is 14.7. The van der Waals surface area contributed by atoms with Gasteiger partial charge in [0.2, 0.25) is 0 Å². The minimum atomic E-state index is -0.514. The fraction of sp³-hybridized carbons (Fsp3) is 0.556. The highest BCUT2D eigenvalue weighted by molar-refractivity contribution is 5.93. The highest BCUT2D eigenvalue weighted by Gasteiger charge is 2.29. The number of methoxy groups -OCH3 is 2. The molecule has 1 aliphatic heterocycles. The van der Waals surface area contributed by atoms with Crippen LogP contribution in [-0.2, 0) is 9.53 Å². The Morgan fingerprint density at radius 3 is 2.42 bits per heavy atom. The van der Waals surface area contributed by atoms with Gasteiger partial charge in [0.1, 0.15) is 17.1 Å². The summed E-state index contributed by atoms with van der Waals surface area (Å²) in [6, 6.07) is 5.21. The molecule has 0 aliphatic carbocycles. The van der Waals surface area contributed by atoms with Gasteiger partial charge in [-0.3, -0.25) is 4.79 Å². The van der Waals surface area contributed by atoms with Gasteiger partial charge in [0.15, 0.2) is 6.61 Å². The van der Waals surface area contributed by atoms with Crippen molar-refractivity contribution >= 4 is 11.9 Å².